The highest BCUT2D eigenvalue weighted by atomic mass is 16.1. The van der Waals surface area contributed by atoms with Gasteiger partial charge in [-0.2, -0.15) is 0 Å². The van der Waals surface area contributed by atoms with Gasteiger partial charge in [0.1, 0.15) is 0 Å². The third kappa shape index (κ3) is 3.50. The van der Waals surface area contributed by atoms with E-state index < -0.39 is 0 Å². The largest absolute Gasteiger partial charge is 0.345 e. The molecule has 1 saturated carbocycles. The van der Waals surface area contributed by atoms with Crippen molar-refractivity contribution in [2.45, 2.75) is 44.7 Å². The lowest BCUT2D eigenvalue weighted by Gasteiger charge is -2.29. The zero-order chi connectivity index (χ0) is 15.6. The number of nitrogens with zero attached hydrogens (tertiary/aromatic N) is 1. The first-order chi connectivity index (χ1) is 10.6. The van der Waals surface area contributed by atoms with Crippen LogP contribution in [0.25, 0.3) is 0 Å². The van der Waals surface area contributed by atoms with Crippen LogP contribution in [0, 0.1) is 5.92 Å². The van der Waals surface area contributed by atoms with Crippen molar-refractivity contribution in [3.05, 3.63) is 35.4 Å². The van der Waals surface area contributed by atoms with Crippen LogP contribution in [-0.4, -0.2) is 36.0 Å². The van der Waals surface area contributed by atoms with Gasteiger partial charge in [0.05, 0.1) is 5.54 Å². The van der Waals surface area contributed by atoms with Crippen molar-refractivity contribution >= 4 is 5.91 Å². The molecule has 1 heterocycles. The molecule has 0 bridgehead atoms. The Kier molecular flexibility index (Phi) is 4.50. The van der Waals surface area contributed by atoms with Crippen LogP contribution in [0.1, 0.15) is 48.5 Å². The molecule has 2 fully saturated rings. The summed E-state index contributed by atoms with van der Waals surface area (Å²) >= 11 is 0. The van der Waals surface area contributed by atoms with Crippen molar-refractivity contribution in [3.63, 3.8) is 0 Å². The second-order valence-corrected chi connectivity index (χ2v) is 7.03. The van der Waals surface area contributed by atoms with Crippen molar-refractivity contribution in [2.75, 3.05) is 19.6 Å². The third-order valence-electron chi connectivity index (χ3n) is 5.10. The highest BCUT2D eigenvalue weighted by molar-refractivity contribution is 5.94. The molecule has 1 aliphatic carbocycles. The molecule has 4 heteroatoms. The van der Waals surface area contributed by atoms with Gasteiger partial charge in [0.25, 0.3) is 5.91 Å². The maximum atomic E-state index is 12.6. The van der Waals surface area contributed by atoms with Gasteiger partial charge in [-0.05, 0) is 69.3 Å². The fraction of sp³-hybridized carbons (Fsp3) is 0.611. The lowest BCUT2D eigenvalue weighted by Crippen LogP contribution is -2.53. The second kappa shape index (κ2) is 6.39. The molecule has 1 aliphatic heterocycles. The summed E-state index contributed by atoms with van der Waals surface area (Å²) in [5, 5.41) is 3.16. The zero-order valence-electron chi connectivity index (χ0n) is 13.5. The normalized spacial score (nSPS) is 21.5. The van der Waals surface area contributed by atoms with Gasteiger partial charge in [-0.25, -0.2) is 0 Å². The van der Waals surface area contributed by atoms with E-state index in [-0.39, 0.29) is 11.4 Å². The van der Waals surface area contributed by atoms with Crippen molar-refractivity contribution in [1.82, 2.24) is 10.2 Å². The predicted molar refractivity (Wildman–Crippen MR) is 88.6 cm³/mol. The minimum atomic E-state index is -0.262. The van der Waals surface area contributed by atoms with E-state index in [2.05, 4.69) is 23.2 Å². The number of nitrogens with one attached hydrogen (secondary N) is 1. The summed E-state index contributed by atoms with van der Waals surface area (Å²) in [5.41, 5.74) is 7.60. The molecule has 4 nitrogen and oxygen atoms in total. The Hall–Kier alpha value is -1.39. The van der Waals surface area contributed by atoms with E-state index in [0.717, 1.165) is 12.1 Å². The Morgan fingerprint density at radius 3 is 2.73 bits per heavy atom. The molecule has 120 valence electrons. The number of hydrogen-bond donors (Lipinski definition) is 2. The molecule has 1 aromatic carbocycles. The smallest absolute Gasteiger partial charge is 0.251 e. The Bertz CT molecular complexity index is 535. The van der Waals surface area contributed by atoms with Gasteiger partial charge in [-0.1, -0.05) is 12.1 Å². The number of amides is 1. The second-order valence-electron chi connectivity index (χ2n) is 7.03. The van der Waals surface area contributed by atoms with Crippen molar-refractivity contribution < 1.29 is 4.79 Å². The molecule has 3 N–H and O–H groups in total. The van der Waals surface area contributed by atoms with E-state index in [4.69, 9.17) is 5.73 Å². The summed E-state index contributed by atoms with van der Waals surface area (Å²) < 4.78 is 0. The minimum Gasteiger partial charge on any atom is -0.345 e. The topological polar surface area (TPSA) is 58.4 Å². The van der Waals surface area contributed by atoms with Gasteiger partial charge >= 0.3 is 0 Å². The Labute approximate surface area is 133 Å². The van der Waals surface area contributed by atoms with E-state index in [1.54, 1.807) is 0 Å². The van der Waals surface area contributed by atoms with Gasteiger partial charge in [-0.3, -0.25) is 9.69 Å². The maximum absolute atomic E-state index is 12.6. The Morgan fingerprint density at radius 1 is 1.36 bits per heavy atom. The summed E-state index contributed by atoms with van der Waals surface area (Å²) in [6, 6.07) is 8.01. The van der Waals surface area contributed by atoms with Crippen LogP contribution in [0.5, 0.6) is 0 Å². The van der Waals surface area contributed by atoms with Gasteiger partial charge < -0.3 is 11.1 Å². The molecule has 22 heavy (non-hydrogen) atoms. The molecule has 1 saturated heterocycles. The Balaban J connectivity index is 1.66. The summed E-state index contributed by atoms with van der Waals surface area (Å²) in [6.07, 6.45) is 4.92. The van der Waals surface area contributed by atoms with Crippen molar-refractivity contribution in [3.8, 4) is 0 Å². The van der Waals surface area contributed by atoms with Gasteiger partial charge in [0.15, 0.2) is 0 Å². The van der Waals surface area contributed by atoms with Gasteiger partial charge in [0, 0.05) is 18.7 Å². The quantitative estimate of drug-likeness (QED) is 0.846. The number of benzene rings is 1. The standard InChI is InChI=1S/C18H27N3O/c1-18(13-19,16-7-8-16)20-17(22)15-6-4-5-14(11-15)12-21-9-2-3-10-21/h4-6,11,16H,2-3,7-10,12-13,19H2,1H3,(H,20,22). The predicted octanol–water partition coefficient (Wildman–Crippen LogP) is 2.14. The van der Waals surface area contributed by atoms with Gasteiger partial charge in [0.2, 0.25) is 0 Å². The van der Waals surface area contributed by atoms with Crippen LogP contribution in [0.4, 0.5) is 0 Å². The number of hydrogen-bond acceptors (Lipinski definition) is 3. The molecule has 1 amide bonds. The summed E-state index contributed by atoms with van der Waals surface area (Å²) in [4.78, 5) is 15.0. The summed E-state index contributed by atoms with van der Waals surface area (Å²) in [5.74, 6) is 0.539. The minimum absolute atomic E-state index is 0.00289. The van der Waals surface area contributed by atoms with Crippen LogP contribution in [-0.2, 0) is 6.54 Å². The maximum Gasteiger partial charge on any atom is 0.251 e. The molecule has 0 aromatic heterocycles. The van der Waals surface area contributed by atoms with Crippen molar-refractivity contribution in [1.29, 1.82) is 0 Å². The monoisotopic (exact) mass is 301 g/mol. The molecular weight excluding hydrogens is 274 g/mol. The lowest BCUT2D eigenvalue weighted by molar-refractivity contribution is 0.0897. The average molecular weight is 301 g/mol. The Morgan fingerprint density at radius 2 is 2.09 bits per heavy atom. The third-order valence-corrected chi connectivity index (χ3v) is 5.10. The van der Waals surface area contributed by atoms with Crippen LogP contribution in [0.15, 0.2) is 24.3 Å². The molecule has 2 aliphatic rings. The molecule has 0 spiro atoms. The highest BCUT2D eigenvalue weighted by Gasteiger charge is 2.41. The molecule has 1 aromatic rings. The van der Waals surface area contributed by atoms with Crippen LogP contribution in [0.3, 0.4) is 0 Å². The number of nitrogens with two attached hydrogens (primary N) is 1. The van der Waals surface area contributed by atoms with Gasteiger partial charge in [-0.15, -0.1) is 0 Å². The van der Waals surface area contributed by atoms with Crippen LogP contribution in [0.2, 0.25) is 0 Å². The van der Waals surface area contributed by atoms with E-state index in [1.165, 1.54) is 44.3 Å². The fourth-order valence-corrected chi connectivity index (χ4v) is 3.38. The SMILES string of the molecule is CC(CN)(NC(=O)c1cccc(CN2CCCC2)c1)C1CC1. The van der Waals surface area contributed by atoms with Crippen molar-refractivity contribution in [2.24, 2.45) is 11.7 Å². The molecule has 1 atom stereocenters. The van der Waals surface area contributed by atoms with E-state index in [0.29, 0.717) is 12.5 Å². The highest BCUT2D eigenvalue weighted by Crippen LogP contribution is 2.39. The molecule has 3 rings (SSSR count). The lowest BCUT2D eigenvalue weighted by atomic mass is 9.95. The number of likely N-dealkylation sites (tertiary alicyclic amines) is 1. The first-order valence-corrected chi connectivity index (χ1v) is 8.44. The number of rotatable bonds is 6. The molecule has 0 radical (unpaired) electrons. The number of carbonyl (C=O) groups is 1. The number of carbonyl (C=O) groups excluding carboxylic acids is 1. The molecular formula is C18H27N3O. The van der Waals surface area contributed by atoms with E-state index in [1.807, 2.05) is 18.2 Å². The van der Waals surface area contributed by atoms with Crippen LogP contribution >= 0.6 is 0 Å². The van der Waals surface area contributed by atoms with Crippen LogP contribution < -0.4 is 11.1 Å². The molecule has 1 unspecified atom stereocenters. The fourth-order valence-electron chi connectivity index (χ4n) is 3.38. The first-order valence-electron chi connectivity index (χ1n) is 8.44. The summed E-state index contributed by atoms with van der Waals surface area (Å²) in [6.45, 7) is 5.85. The average Bonchev–Trinajstić information content (AvgIpc) is 3.27. The van der Waals surface area contributed by atoms with E-state index >= 15 is 0 Å². The zero-order valence-corrected chi connectivity index (χ0v) is 13.5. The first kappa shape index (κ1) is 15.5. The van der Waals surface area contributed by atoms with E-state index in [9.17, 15) is 4.79 Å². The summed E-state index contributed by atoms with van der Waals surface area (Å²) in [7, 11) is 0.